The van der Waals surface area contributed by atoms with Crippen LogP contribution in [0.1, 0.15) is 137 Å². The lowest BCUT2D eigenvalue weighted by Crippen LogP contribution is -2.60. The number of hydrogen-bond donors (Lipinski definition) is 3. The highest BCUT2D eigenvalue weighted by atomic mass is 16.6. The molecule has 68 heavy (non-hydrogen) atoms. The molecule has 4 heterocycles. The largest absolute Gasteiger partial charge is 0.469 e. The summed E-state index contributed by atoms with van der Waals surface area (Å²) in [7, 11) is 2.95. The van der Waals surface area contributed by atoms with Crippen molar-refractivity contribution >= 4 is 29.2 Å². The number of ether oxygens (including phenoxy) is 4. The molecule has 15 atom stereocenters. The Bertz CT molecular complexity index is 1990. The molecule has 1 saturated carbocycles. The summed E-state index contributed by atoms with van der Waals surface area (Å²) in [6.07, 6.45) is 13.3. The van der Waals surface area contributed by atoms with E-state index < -0.39 is 77.8 Å². The predicted molar refractivity (Wildman–Crippen MR) is 256 cm³/mol. The molecule has 3 aliphatic heterocycles. The Hall–Kier alpha value is -4.05. The first-order chi connectivity index (χ1) is 32.3. The summed E-state index contributed by atoms with van der Waals surface area (Å²) in [5.41, 5.74) is 1.33. The summed E-state index contributed by atoms with van der Waals surface area (Å²) in [5.74, 6) is -7.63. The minimum atomic E-state index is -2.45. The molecule has 0 aromatic carbocycles. The van der Waals surface area contributed by atoms with E-state index in [4.69, 9.17) is 23.4 Å². The quantitative estimate of drug-likeness (QED) is 0.144. The van der Waals surface area contributed by atoms with E-state index in [0.29, 0.717) is 69.1 Å². The summed E-state index contributed by atoms with van der Waals surface area (Å²) < 4.78 is 29.6. The van der Waals surface area contributed by atoms with Crippen molar-refractivity contribution in [1.29, 1.82) is 0 Å². The van der Waals surface area contributed by atoms with Gasteiger partial charge in [-0.15, -0.1) is 0 Å². The van der Waals surface area contributed by atoms with E-state index >= 15 is 0 Å². The maximum absolute atomic E-state index is 14.4. The second-order valence-electron chi connectivity index (χ2n) is 20.4. The number of fused-ring (bicyclic) bond motifs is 3. The number of piperidine rings is 1. The summed E-state index contributed by atoms with van der Waals surface area (Å²) in [4.78, 5) is 72.3. The number of allylic oxidation sites excluding steroid dienone is 7. The first-order valence-corrected chi connectivity index (χ1v) is 25.0. The number of rotatable bonds is 6. The fraction of sp³-hybridized carbons (Fsp3) is 0.685. The molecule has 1 amide bonds. The standard InChI is InChI=1S/C54H79NO13/c1-32-16-11-10-12-17-33(2)41(45-19-15-25-66-45)30-40-22-20-38(7)54(63,68-40)51(60)52(61)55-24-14-13-18-42(55)53(62)67-46(35(4)28-39-21-23-43(56)47(29-39)64-8)31-44(57)34(3)27-37(6)49(59)50(65-9)48(58)36(5)26-32/h10-12,15-17,19,25,27,32,34-36,38-43,46-47,49-50,56,59,63H,13-14,18,20-24,26,28-31H2,1-9H3/b12-10+,16-11+,33-17+,37-27+/t32-,34-,35-,36-,38-,39+,40?,41-,42?,43-,46+,47-,49-,50+,54-/m1/s1. The van der Waals surface area contributed by atoms with Crippen molar-refractivity contribution in [3.63, 3.8) is 0 Å². The van der Waals surface area contributed by atoms with Crippen molar-refractivity contribution in [3.8, 4) is 0 Å². The minimum Gasteiger partial charge on any atom is -0.469 e. The van der Waals surface area contributed by atoms with E-state index in [1.54, 1.807) is 46.3 Å². The second-order valence-corrected chi connectivity index (χ2v) is 20.4. The lowest BCUT2D eigenvalue weighted by Gasteiger charge is -2.42. The van der Waals surface area contributed by atoms with Crippen molar-refractivity contribution in [3.05, 3.63) is 71.8 Å². The Kier molecular flexibility index (Phi) is 20.3. The summed E-state index contributed by atoms with van der Waals surface area (Å²) >= 11 is 0. The molecule has 3 fully saturated rings. The van der Waals surface area contributed by atoms with Crippen molar-refractivity contribution < 1.29 is 62.7 Å². The van der Waals surface area contributed by atoms with E-state index in [1.807, 2.05) is 64.1 Å². The Morgan fingerprint density at radius 3 is 2.32 bits per heavy atom. The maximum atomic E-state index is 14.4. The number of hydrogen-bond acceptors (Lipinski definition) is 13. The zero-order valence-corrected chi connectivity index (χ0v) is 41.8. The van der Waals surface area contributed by atoms with Gasteiger partial charge in [-0.2, -0.15) is 0 Å². The van der Waals surface area contributed by atoms with E-state index in [0.717, 1.165) is 12.0 Å². The Balaban J connectivity index is 1.49. The third-order valence-electron chi connectivity index (χ3n) is 15.1. The number of furan rings is 1. The van der Waals surface area contributed by atoms with Crippen LogP contribution in [0.5, 0.6) is 0 Å². The fourth-order valence-corrected chi connectivity index (χ4v) is 10.7. The van der Waals surface area contributed by atoms with Crippen LogP contribution in [0, 0.1) is 35.5 Å². The van der Waals surface area contributed by atoms with Crippen LogP contribution in [0.2, 0.25) is 0 Å². The van der Waals surface area contributed by atoms with Gasteiger partial charge in [-0.1, -0.05) is 76.6 Å². The normalized spacial score (nSPS) is 39.1. The monoisotopic (exact) mass is 950 g/mol. The van der Waals surface area contributed by atoms with Crippen molar-refractivity contribution in [1.82, 2.24) is 4.90 Å². The number of aliphatic hydroxyl groups is 3. The van der Waals surface area contributed by atoms with Gasteiger partial charge in [0, 0.05) is 50.9 Å². The highest BCUT2D eigenvalue weighted by Crippen LogP contribution is 2.40. The first-order valence-electron chi connectivity index (χ1n) is 25.0. The lowest BCUT2D eigenvalue weighted by molar-refractivity contribution is -0.264. The summed E-state index contributed by atoms with van der Waals surface area (Å²) in [6, 6.07) is 2.52. The minimum absolute atomic E-state index is 0.00926. The van der Waals surface area contributed by atoms with Crippen LogP contribution in [0.15, 0.2) is 70.4 Å². The van der Waals surface area contributed by atoms with E-state index in [1.165, 1.54) is 12.0 Å². The maximum Gasteiger partial charge on any atom is 0.329 e. The molecule has 2 unspecified atom stereocenters. The van der Waals surface area contributed by atoms with Crippen LogP contribution in [0.4, 0.5) is 0 Å². The molecule has 378 valence electrons. The van der Waals surface area contributed by atoms with Crippen LogP contribution >= 0.6 is 0 Å². The number of carbonyl (C=O) groups excluding carboxylic acids is 5. The van der Waals surface area contributed by atoms with Gasteiger partial charge in [-0.25, -0.2) is 4.79 Å². The fourth-order valence-electron chi connectivity index (χ4n) is 10.7. The molecule has 0 spiro atoms. The van der Waals surface area contributed by atoms with Gasteiger partial charge in [0.15, 0.2) is 5.78 Å². The van der Waals surface area contributed by atoms with Crippen LogP contribution in [0.25, 0.3) is 0 Å². The zero-order chi connectivity index (χ0) is 49.9. The summed E-state index contributed by atoms with van der Waals surface area (Å²) in [6.45, 7) is 12.8. The topological polar surface area (TPSA) is 199 Å². The average molecular weight is 950 g/mol. The van der Waals surface area contributed by atoms with Crippen molar-refractivity contribution in [2.45, 2.75) is 180 Å². The molecule has 2 saturated heterocycles. The number of cyclic esters (lactones) is 1. The van der Waals surface area contributed by atoms with Gasteiger partial charge >= 0.3 is 5.97 Å². The highest BCUT2D eigenvalue weighted by Gasteiger charge is 2.53. The number of ketones is 3. The molecule has 14 heteroatoms. The van der Waals surface area contributed by atoms with Gasteiger partial charge in [0.1, 0.15) is 35.9 Å². The van der Waals surface area contributed by atoms with Crippen LogP contribution in [0.3, 0.4) is 0 Å². The molecule has 1 aromatic heterocycles. The number of carbonyl (C=O) groups is 5. The molecule has 0 radical (unpaired) electrons. The number of methoxy groups -OCH3 is 2. The number of esters is 1. The molecule has 2 bridgehead atoms. The molecular formula is C54H79NO13. The molecule has 1 aromatic rings. The van der Waals surface area contributed by atoms with Crippen molar-refractivity contribution in [2.24, 2.45) is 35.5 Å². The van der Waals surface area contributed by atoms with Gasteiger partial charge in [0.2, 0.25) is 5.79 Å². The SMILES string of the molecule is CO[C@@H]1C[C@H](C[C@@H](C)[C@@H]2CC(=O)[C@H](C)/C=C(\C)[C@@H](O)[C@@H](OC)C(=O)[C@H](C)C[C@H](C)/C=C/C=C/C=C(\C)[C@H](c3ccco3)CC3CC[C@@H](C)[C@@](O)(O3)C(=O)C(=O)N3CCCCC3C(=O)O2)CC[C@H]1O. The molecule has 4 aliphatic rings. The second kappa shape index (κ2) is 25.2. The summed E-state index contributed by atoms with van der Waals surface area (Å²) in [5, 5.41) is 34.1. The van der Waals surface area contributed by atoms with Crippen LogP contribution in [-0.2, 0) is 42.9 Å². The van der Waals surface area contributed by atoms with Crippen LogP contribution < -0.4 is 0 Å². The Labute approximate surface area is 403 Å². The number of amides is 1. The average Bonchev–Trinajstić information content (AvgIpc) is 3.86. The van der Waals surface area contributed by atoms with E-state index in [-0.39, 0.29) is 60.7 Å². The Morgan fingerprint density at radius 1 is 0.882 bits per heavy atom. The third-order valence-corrected chi connectivity index (χ3v) is 15.1. The Morgan fingerprint density at radius 2 is 1.63 bits per heavy atom. The van der Waals surface area contributed by atoms with Gasteiger partial charge in [-0.3, -0.25) is 19.2 Å². The highest BCUT2D eigenvalue weighted by molar-refractivity contribution is 6.39. The first kappa shape index (κ1) is 54.9. The molecule has 5 rings (SSSR count). The zero-order valence-electron chi connectivity index (χ0n) is 41.8. The smallest absolute Gasteiger partial charge is 0.329 e. The number of nitrogens with zero attached hydrogens (tertiary/aromatic N) is 1. The van der Waals surface area contributed by atoms with Gasteiger partial charge in [0.05, 0.1) is 24.6 Å². The third kappa shape index (κ3) is 13.8. The molecule has 3 N–H and O–H groups in total. The van der Waals surface area contributed by atoms with Gasteiger partial charge in [-0.05, 0) is 120 Å². The molecule has 14 nitrogen and oxygen atoms in total. The molecule has 1 aliphatic carbocycles. The van der Waals surface area contributed by atoms with Crippen molar-refractivity contribution in [2.75, 3.05) is 20.8 Å². The number of Topliss-reactive ketones (excluding diaryl/α,β-unsaturated/α-hetero) is 3. The van der Waals surface area contributed by atoms with E-state index in [2.05, 4.69) is 0 Å². The van der Waals surface area contributed by atoms with Gasteiger partial charge < -0.3 is 43.6 Å². The molecular weight excluding hydrogens is 871 g/mol. The van der Waals surface area contributed by atoms with Gasteiger partial charge in [0.25, 0.3) is 11.7 Å². The van der Waals surface area contributed by atoms with Crippen LogP contribution in [-0.4, -0.2) is 119 Å². The number of aliphatic hydroxyl groups excluding tert-OH is 2. The predicted octanol–water partition coefficient (Wildman–Crippen LogP) is 7.54. The lowest BCUT2D eigenvalue weighted by atomic mass is 9.78. The van der Waals surface area contributed by atoms with E-state index in [9.17, 15) is 39.3 Å².